The molecule has 1 aliphatic carbocycles. The fourth-order valence-electron chi connectivity index (χ4n) is 6.44. The fraction of sp³-hybridized carbons (Fsp3) is 0.538. The summed E-state index contributed by atoms with van der Waals surface area (Å²) in [4.78, 5) is 31.4. The Bertz CT molecular complexity index is 1300. The first-order valence-corrected chi connectivity index (χ1v) is 13.0. The van der Waals surface area contributed by atoms with E-state index in [1.165, 1.54) is 5.56 Å². The van der Waals surface area contributed by atoms with E-state index in [0.29, 0.717) is 18.5 Å². The summed E-state index contributed by atoms with van der Waals surface area (Å²) < 4.78 is 40.5. The lowest BCUT2D eigenvalue weighted by Crippen LogP contribution is -2.68. The molecule has 2 saturated heterocycles. The van der Waals surface area contributed by atoms with Crippen LogP contribution in [0.3, 0.4) is 0 Å². The van der Waals surface area contributed by atoms with Gasteiger partial charge in [-0.1, -0.05) is 6.07 Å². The molecule has 3 fully saturated rings. The number of anilines is 1. The summed E-state index contributed by atoms with van der Waals surface area (Å²) in [6.07, 6.45) is 5.00. The van der Waals surface area contributed by atoms with Crippen molar-refractivity contribution in [2.75, 3.05) is 31.1 Å². The normalized spacial score (nSPS) is 23.9. The number of aromatic nitrogens is 4. The minimum absolute atomic E-state index is 0.0809. The SMILES string of the molecule is C[C@@H]1CN(c2ncc(C(F)(F)F)cn2)C[C@H](C)N1C(=O)NC1CC2(C1)CN(Cc1ccc3nccn3c1)C2. The summed E-state index contributed by atoms with van der Waals surface area (Å²) in [5, 5.41) is 3.21. The number of halogens is 3. The zero-order chi connectivity index (χ0) is 26.7. The van der Waals surface area contributed by atoms with Crippen LogP contribution in [0.15, 0.2) is 43.1 Å². The number of pyridine rings is 1. The first kappa shape index (κ1) is 24.9. The van der Waals surface area contributed by atoms with E-state index in [9.17, 15) is 18.0 Å². The zero-order valence-electron chi connectivity index (χ0n) is 21.4. The van der Waals surface area contributed by atoms with Gasteiger partial charge >= 0.3 is 12.2 Å². The molecule has 0 bridgehead atoms. The van der Waals surface area contributed by atoms with Crippen molar-refractivity contribution >= 4 is 17.6 Å². The number of piperazine rings is 1. The number of carbonyl (C=O) groups excluding carboxylic acids is 1. The van der Waals surface area contributed by atoms with Crippen molar-refractivity contribution in [3.8, 4) is 0 Å². The molecule has 0 aromatic carbocycles. The summed E-state index contributed by atoms with van der Waals surface area (Å²) in [6.45, 7) is 7.79. The molecule has 202 valence electrons. The third-order valence-electron chi connectivity index (χ3n) is 8.06. The molecule has 5 heterocycles. The number of fused-ring (bicyclic) bond motifs is 1. The van der Waals surface area contributed by atoms with Crippen LogP contribution in [-0.2, 0) is 12.7 Å². The number of hydrogen-bond acceptors (Lipinski definition) is 6. The summed E-state index contributed by atoms with van der Waals surface area (Å²) in [7, 11) is 0. The second-order valence-corrected chi connectivity index (χ2v) is 11.2. The first-order valence-electron chi connectivity index (χ1n) is 13.0. The van der Waals surface area contributed by atoms with Gasteiger partial charge in [-0.2, -0.15) is 13.2 Å². The molecule has 1 spiro atoms. The van der Waals surface area contributed by atoms with E-state index in [1.807, 2.05) is 40.3 Å². The van der Waals surface area contributed by atoms with Crippen LogP contribution in [0.5, 0.6) is 0 Å². The Morgan fingerprint density at radius 3 is 2.42 bits per heavy atom. The van der Waals surface area contributed by atoms with E-state index >= 15 is 0 Å². The Hall–Kier alpha value is -3.41. The lowest BCUT2D eigenvalue weighted by molar-refractivity contribution is -0.138. The molecule has 2 amide bonds. The molecule has 3 aliphatic rings. The lowest BCUT2D eigenvalue weighted by atomic mass is 9.60. The third-order valence-corrected chi connectivity index (χ3v) is 8.06. The van der Waals surface area contributed by atoms with Crippen molar-refractivity contribution < 1.29 is 18.0 Å². The van der Waals surface area contributed by atoms with Crippen molar-refractivity contribution in [2.45, 2.75) is 57.5 Å². The molecule has 3 aromatic heterocycles. The van der Waals surface area contributed by atoms with Gasteiger partial charge in [-0.15, -0.1) is 0 Å². The number of carbonyl (C=O) groups is 1. The predicted octanol–water partition coefficient (Wildman–Crippen LogP) is 3.42. The van der Waals surface area contributed by atoms with Gasteiger partial charge in [0.25, 0.3) is 0 Å². The average Bonchev–Trinajstić information content (AvgIpc) is 3.28. The lowest BCUT2D eigenvalue weighted by Gasteiger charge is -2.59. The Balaban J connectivity index is 0.973. The molecule has 2 aliphatic heterocycles. The average molecular weight is 529 g/mol. The van der Waals surface area contributed by atoms with Crippen molar-refractivity contribution in [1.29, 1.82) is 0 Å². The Labute approximate surface area is 218 Å². The van der Waals surface area contributed by atoms with Gasteiger partial charge in [0.2, 0.25) is 5.95 Å². The monoisotopic (exact) mass is 528 g/mol. The molecule has 9 nitrogen and oxygen atoms in total. The van der Waals surface area contributed by atoms with Gasteiger partial charge < -0.3 is 19.5 Å². The quantitative estimate of drug-likeness (QED) is 0.559. The maximum absolute atomic E-state index is 13.2. The molecule has 1 N–H and O–H groups in total. The number of rotatable bonds is 4. The molecule has 3 aromatic rings. The highest BCUT2D eigenvalue weighted by Crippen LogP contribution is 2.48. The van der Waals surface area contributed by atoms with Crippen molar-refractivity contribution in [3.05, 3.63) is 54.2 Å². The van der Waals surface area contributed by atoms with Gasteiger partial charge in [-0.05, 0) is 43.7 Å². The van der Waals surface area contributed by atoms with Crippen LogP contribution in [-0.4, -0.2) is 79.5 Å². The minimum Gasteiger partial charge on any atom is -0.337 e. The van der Waals surface area contributed by atoms with E-state index in [4.69, 9.17) is 0 Å². The molecule has 0 radical (unpaired) electrons. The van der Waals surface area contributed by atoms with E-state index in [-0.39, 0.29) is 30.1 Å². The Kier molecular flexibility index (Phi) is 5.97. The van der Waals surface area contributed by atoms with E-state index in [1.54, 1.807) is 6.20 Å². The molecule has 6 rings (SSSR count). The summed E-state index contributed by atoms with van der Waals surface area (Å²) in [5.74, 6) is 0.247. The maximum atomic E-state index is 13.2. The number of nitrogens with zero attached hydrogens (tertiary/aromatic N) is 7. The van der Waals surface area contributed by atoms with Crippen LogP contribution in [0.4, 0.5) is 23.9 Å². The molecule has 38 heavy (non-hydrogen) atoms. The highest BCUT2D eigenvalue weighted by atomic mass is 19.4. The van der Waals surface area contributed by atoms with Crippen molar-refractivity contribution in [1.82, 2.24) is 34.5 Å². The van der Waals surface area contributed by atoms with Crippen LogP contribution >= 0.6 is 0 Å². The van der Waals surface area contributed by atoms with Gasteiger partial charge in [0.15, 0.2) is 0 Å². The van der Waals surface area contributed by atoms with E-state index in [2.05, 4.69) is 37.4 Å². The number of hydrogen-bond donors (Lipinski definition) is 1. The highest BCUT2D eigenvalue weighted by molar-refractivity contribution is 5.76. The predicted molar refractivity (Wildman–Crippen MR) is 134 cm³/mol. The van der Waals surface area contributed by atoms with Gasteiger partial charge in [-0.25, -0.2) is 19.7 Å². The number of imidazole rings is 1. The van der Waals surface area contributed by atoms with Crippen molar-refractivity contribution in [2.24, 2.45) is 5.41 Å². The smallest absolute Gasteiger partial charge is 0.337 e. The molecular formula is C26H31F3N8O. The van der Waals surface area contributed by atoms with Gasteiger partial charge in [0.1, 0.15) is 5.65 Å². The maximum Gasteiger partial charge on any atom is 0.419 e. The topological polar surface area (TPSA) is 81.9 Å². The van der Waals surface area contributed by atoms with Crippen LogP contribution in [0.25, 0.3) is 5.65 Å². The number of urea groups is 1. The zero-order valence-corrected chi connectivity index (χ0v) is 21.4. The second kappa shape index (κ2) is 9.11. The number of alkyl halides is 3. The Morgan fingerprint density at radius 2 is 1.76 bits per heavy atom. The third kappa shape index (κ3) is 4.65. The van der Waals surface area contributed by atoms with Gasteiger partial charge in [0.05, 0.1) is 5.56 Å². The number of amides is 2. The molecule has 0 unspecified atom stereocenters. The van der Waals surface area contributed by atoms with Crippen molar-refractivity contribution in [3.63, 3.8) is 0 Å². The summed E-state index contributed by atoms with van der Waals surface area (Å²) in [5.41, 5.74) is 1.64. The fourth-order valence-corrected chi connectivity index (χ4v) is 6.44. The van der Waals surface area contributed by atoms with Crippen LogP contribution < -0.4 is 10.2 Å². The minimum atomic E-state index is -4.47. The molecule has 1 saturated carbocycles. The highest BCUT2D eigenvalue weighted by Gasteiger charge is 2.52. The van der Waals surface area contributed by atoms with Crippen LogP contribution in [0.2, 0.25) is 0 Å². The van der Waals surface area contributed by atoms with Crippen LogP contribution in [0, 0.1) is 5.41 Å². The first-order chi connectivity index (χ1) is 18.1. The Morgan fingerprint density at radius 1 is 1.08 bits per heavy atom. The molecule has 12 heteroatoms. The van der Waals surface area contributed by atoms with Crippen LogP contribution in [0.1, 0.15) is 37.8 Å². The van der Waals surface area contributed by atoms with Gasteiger partial charge in [-0.3, -0.25) is 4.90 Å². The van der Waals surface area contributed by atoms with E-state index < -0.39 is 11.7 Å². The van der Waals surface area contributed by atoms with Gasteiger partial charge in [0, 0.05) is 81.8 Å². The summed E-state index contributed by atoms with van der Waals surface area (Å²) >= 11 is 0. The largest absolute Gasteiger partial charge is 0.419 e. The molecular weight excluding hydrogens is 497 g/mol. The number of likely N-dealkylation sites (tertiary alicyclic amines) is 1. The number of nitrogens with one attached hydrogen (secondary N) is 1. The molecule has 2 atom stereocenters. The second-order valence-electron chi connectivity index (χ2n) is 11.2. The standard InChI is InChI=1S/C26H31F3N8O/c1-17-11-36(23-31-9-20(10-32-23)26(27,28)29)12-18(2)37(17)24(38)33-21-7-25(8-21)15-34(16-25)13-19-3-4-22-30-5-6-35(22)14-19/h3-6,9-10,14,17-18,21H,7-8,11-13,15-16H2,1-2H3,(H,33,38)/t17-,18+. The summed E-state index contributed by atoms with van der Waals surface area (Å²) in [6, 6.07) is 3.99. The van der Waals surface area contributed by atoms with E-state index in [0.717, 1.165) is 50.5 Å².